The zero-order valence-electron chi connectivity index (χ0n) is 13.0. The molecule has 2 aliphatic rings. The molecule has 1 N–H and O–H groups in total. The van der Waals surface area contributed by atoms with Crippen molar-refractivity contribution in [3.63, 3.8) is 0 Å². The van der Waals surface area contributed by atoms with Gasteiger partial charge in [-0.15, -0.1) is 0 Å². The lowest BCUT2D eigenvalue weighted by Crippen LogP contribution is -2.27. The number of nitrogens with zero attached hydrogens (tertiary/aromatic N) is 2. The zero-order chi connectivity index (χ0) is 14.7. The average Bonchev–Trinajstić information content (AvgIpc) is 3.31. The molecule has 0 bridgehead atoms. The van der Waals surface area contributed by atoms with Crippen molar-refractivity contribution in [1.29, 1.82) is 0 Å². The summed E-state index contributed by atoms with van der Waals surface area (Å²) in [4.78, 5) is 9.16. The minimum absolute atomic E-state index is 0.229. The maximum atomic E-state index is 6.13. The van der Waals surface area contributed by atoms with Crippen molar-refractivity contribution in [2.45, 2.75) is 64.1 Å². The number of hydrogen-bond donors (Lipinski definition) is 1. The SMILES string of the molecule is CC(C)c1ncc(OC2CCOCC2)c(CNC2CC2)n1. The molecule has 1 aromatic rings. The van der Waals surface area contributed by atoms with Crippen LogP contribution in [0.5, 0.6) is 5.75 Å². The van der Waals surface area contributed by atoms with E-state index in [1.807, 2.05) is 6.20 Å². The van der Waals surface area contributed by atoms with Gasteiger partial charge in [-0.25, -0.2) is 9.97 Å². The van der Waals surface area contributed by atoms with Crippen molar-refractivity contribution >= 4 is 0 Å². The molecule has 0 atom stereocenters. The van der Waals surface area contributed by atoms with Crippen LogP contribution in [0.1, 0.15) is 57.0 Å². The Morgan fingerprint density at radius 1 is 1.29 bits per heavy atom. The number of aromatic nitrogens is 2. The van der Waals surface area contributed by atoms with E-state index in [-0.39, 0.29) is 6.10 Å². The zero-order valence-corrected chi connectivity index (χ0v) is 13.0. The van der Waals surface area contributed by atoms with Gasteiger partial charge < -0.3 is 14.8 Å². The van der Waals surface area contributed by atoms with Crippen molar-refractivity contribution in [1.82, 2.24) is 15.3 Å². The van der Waals surface area contributed by atoms with Crippen molar-refractivity contribution in [3.8, 4) is 5.75 Å². The van der Waals surface area contributed by atoms with E-state index in [9.17, 15) is 0 Å². The molecule has 2 heterocycles. The van der Waals surface area contributed by atoms with Crippen LogP contribution in [0.15, 0.2) is 6.20 Å². The van der Waals surface area contributed by atoms with E-state index in [0.29, 0.717) is 12.0 Å². The van der Waals surface area contributed by atoms with Crippen molar-refractivity contribution < 1.29 is 9.47 Å². The third-order valence-corrected chi connectivity index (χ3v) is 3.96. The molecule has 1 saturated carbocycles. The molecule has 1 aromatic heterocycles. The second-order valence-corrected chi connectivity index (χ2v) is 6.28. The predicted octanol–water partition coefficient (Wildman–Crippen LogP) is 2.41. The first-order chi connectivity index (χ1) is 10.2. The number of nitrogens with one attached hydrogen (secondary N) is 1. The molecule has 5 nitrogen and oxygen atoms in total. The average molecular weight is 291 g/mol. The minimum Gasteiger partial charge on any atom is -0.487 e. The van der Waals surface area contributed by atoms with Gasteiger partial charge in [0.25, 0.3) is 0 Å². The van der Waals surface area contributed by atoms with Gasteiger partial charge in [0.15, 0.2) is 5.75 Å². The second kappa shape index (κ2) is 6.71. The molecular formula is C16H25N3O2. The van der Waals surface area contributed by atoms with Gasteiger partial charge in [0.2, 0.25) is 0 Å². The van der Waals surface area contributed by atoms with E-state index in [2.05, 4.69) is 24.1 Å². The Morgan fingerprint density at radius 2 is 2.05 bits per heavy atom. The number of ether oxygens (including phenoxy) is 2. The first-order valence-corrected chi connectivity index (χ1v) is 8.06. The summed E-state index contributed by atoms with van der Waals surface area (Å²) in [5.41, 5.74) is 0.993. The van der Waals surface area contributed by atoms with E-state index < -0.39 is 0 Å². The van der Waals surface area contributed by atoms with Crippen molar-refractivity contribution in [2.75, 3.05) is 13.2 Å². The Balaban J connectivity index is 1.72. The molecule has 0 radical (unpaired) electrons. The van der Waals surface area contributed by atoms with Crippen LogP contribution in [-0.4, -0.2) is 35.3 Å². The Kier molecular flexibility index (Phi) is 4.70. The summed E-state index contributed by atoms with van der Waals surface area (Å²) in [6.07, 6.45) is 6.52. The summed E-state index contributed by atoms with van der Waals surface area (Å²) in [5, 5.41) is 3.52. The van der Waals surface area contributed by atoms with Crippen LogP contribution < -0.4 is 10.1 Å². The maximum absolute atomic E-state index is 6.13. The molecule has 21 heavy (non-hydrogen) atoms. The first-order valence-electron chi connectivity index (χ1n) is 8.06. The number of rotatable bonds is 6. The van der Waals surface area contributed by atoms with E-state index >= 15 is 0 Å². The highest BCUT2D eigenvalue weighted by Crippen LogP contribution is 2.24. The normalized spacial score (nSPS) is 20.0. The summed E-state index contributed by atoms with van der Waals surface area (Å²) in [6.45, 7) is 6.57. The van der Waals surface area contributed by atoms with Gasteiger partial charge in [0, 0.05) is 31.3 Å². The van der Waals surface area contributed by atoms with Crippen molar-refractivity contribution in [2.24, 2.45) is 0 Å². The summed E-state index contributed by atoms with van der Waals surface area (Å²) in [6, 6.07) is 0.665. The topological polar surface area (TPSA) is 56.3 Å². The molecule has 0 aromatic carbocycles. The van der Waals surface area contributed by atoms with Gasteiger partial charge in [0.05, 0.1) is 25.1 Å². The van der Waals surface area contributed by atoms with Gasteiger partial charge in [-0.3, -0.25) is 0 Å². The first kappa shape index (κ1) is 14.7. The molecule has 116 valence electrons. The van der Waals surface area contributed by atoms with Crippen LogP contribution >= 0.6 is 0 Å². The Bertz CT molecular complexity index is 469. The minimum atomic E-state index is 0.229. The molecule has 0 unspecified atom stereocenters. The summed E-state index contributed by atoms with van der Waals surface area (Å²) >= 11 is 0. The Morgan fingerprint density at radius 3 is 2.71 bits per heavy atom. The summed E-state index contributed by atoms with van der Waals surface area (Å²) < 4.78 is 11.5. The lowest BCUT2D eigenvalue weighted by molar-refractivity contribution is 0.0247. The summed E-state index contributed by atoms with van der Waals surface area (Å²) in [5.74, 6) is 2.06. The molecule has 1 saturated heterocycles. The molecular weight excluding hydrogens is 266 g/mol. The van der Waals surface area contributed by atoms with Crippen LogP contribution in [0.4, 0.5) is 0 Å². The standard InChI is InChI=1S/C16H25N3O2/c1-11(2)16-18-10-15(21-13-5-7-20-8-6-13)14(19-16)9-17-12-3-4-12/h10-13,17H,3-9H2,1-2H3. The predicted molar refractivity (Wildman–Crippen MR) is 80.5 cm³/mol. The van der Waals surface area contributed by atoms with E-state index in [4.69, 9.17) is 14.5 Å². The Hall–Kier alpha value is -1.20. The fourth-order valence-electron chi connectivity index (χ4n) is 2.43. The molecule has 0 amide bonds. The summed E-state index contributed by atoms with van der Waals surface area (Å²) in [7, 11) is 0. The fraction of sp³-hybridized carbons (Fsp3) is 0.750. The number of hydrogen-bond acceptors (Lipinski definition) is 5. The van der Waals surface area contributed by atoms with Gasteiger partial charge in [-0.05, 0) is 12.8 Å². The van der Waals surface area contributed by atoms with Crippen LogP contribution in [0.3, 0.4) is 0 Å². The van der Waals surface area contributed by atoms with Crippen LogP contribution in [-0.2, 0) is 11.3 Å². The maximum Gasteiger partial charge on any atom is 0.160 e. The van der Waals surface area contributed by atoms with Gasteiger partial charge in [-0.1, -0.05) is 13.8 Å². The van der Waals surface area contributed by atoms with Crippen LogP contribution in [0, 0.1) is 0 Å². The highest BCUT2D eigenvalue weighted by molar-refractivity contribution is 5.26. The fourth-order valence-corrected chi connectivity index (χ4v) is 2.43. The second-order valence-electron chi connectivity index (χ2n) is 6.28. The molecule has 1 aliphatic heterocycles. The van der Waals surface area contributed by atoms with Gasteiger partial charge in [0.1, 0.15) is 11.9 Å². The lowest BCUT2D eigenvalue weighted by atomic mass is 10.1. The quantitative estimate of drug-likeness (QED) is 0.872. The van der Waals surface area contributed by atoms with Crippen LogP contribution in [0.2, 0.25) is 0 Å². The smallest absolute Gasteiger partial charge is 0.160 e. The Labute approximate surface area is 126 Å². The third kappa shape index (κ3) is 4.14. The monoisotopic (exact) mass is 291 g/mol. The largest absolute Gasteiger partial charge is 0.487 e. The highest BCUT2D eigenvalue weighted by atomic mass is 16.5. The third-order valence-electron chi connectivity index (χ3n) is 3.96. The van der Waals surface area contributed by atoms with E-state index in [1.54, 1.807) is 0 Å². The molecule has 1 aliphatic carbocycles. The van der Waals surface area contributed by atoms with E-state index in [0.717, 1.165) is 49.9 Å². The van der Waals surface area contributed by atoms with Crippen molar-refractivity contribution in [3.05, 3.63) is 17.7 Å². The molecule has 0 spiro atoms. The van der Waals surface area contributed by atoms with Gasteiger partial charge >= 0.3 is 0 Å². The van der Waals surface area contributed by atoms with Gasteiger partial charge in [-0.2, -0.15) is 0 Å². The van der Waals surface area contributed by atoms with Crippen LogP contribution in [0.25, 0.3) is 0 Å². The lowest BCUT2D eigenvalue weighted by Gasteiger charge is -2.24. The molecule has 2 fully saturated rings. The van der Waals surface area contributed by atoms with E-state index in [1.165, 1.54) is 12.8 Å². The molecule has 5 heteroatoms. The molecule has 3 rings (SSSR count). The highest BCUT2D eigenvalue weighted by Gasteiger charge is 2.23.